The summed E-state index contributed by atoms with van der Waals surface area (Å²) in [4.78, 5) is 15.9. The van der Waals surface area contributed by atoms with E-state index in [9.17, 15) is 4.79 Å². The third-order valence-corrected chi connectivity index (χ3v) is 3.02. The normalized spacial score (nSPS) is 10.6. The van der Waals surface area contributed by atoms with Crippen LogP contribution in [-0.4, -0.2) is 9.55 Å². The van der Waals surface area contributed by atoms with E-state index in [4.69, 9.17) is 15.4 Å². The summed E-state index contributed by atoms with van der Waals surface area (Å²) >= 11 is 0. The van der Waals surface area contributed by atoms with Gasteiger partial charge in [-0.15, -0.1) is 0 Å². The van der Waals surface area contributed by atoms with Crippen LogP contribution < -0.4 is 11.5 Å². The summed E-state index contributed by atoms with van der Waals surface area (Å²) in [6, 6.07) is 10.5. The van der Waals surface area contributed by atoms with E-state index >= 15 is 0 Å². The van der Waals surface area contributed by atoms with Crippen molar-refractivity contribution in [3.8, 4) is 6.07 Å². The van der Waals surface area contributed by atoms with Crippen molar-refractivity contribution in [1.82, 2.24) is 9.55 Å². The van der Waals surface area contributed by atoms with E-state index in [1.54, 1.807) is 36.5 Å². The number of aromatic nitrogens is 2. The average molecular weight is 266 g/mol. The molecule has 3 aromatic rings. The number of nitrogens with zero attached hydrogens (tertiary/aromatic N) is 3. The predicted octanol–water partition coefficient (Wildman–Crippen LogP) is 1.49. The first-order valence-corrected chi connectivity index (χ1v) is 5.92. The van der Waals surface area contributed by atoms with Crippen LogP contribution in [0.25, 0.3) is 11.1 Å². The second-order valence-electron chi connectivity index (χ2n) is 4.30. The Morgan fingerprint density at radius 3 is 3.05 bits per heavy atom. The lowest BCUT2D eigenvalue weighted by Crippen LogP contribution is -2.15. The number of nitrogens with two attached hydrogens (primary N) is 1. The summed E-state index contributed by atoms with van der Waals surface area (Å²) < 4.78 is 6.60. The molecule has 0 saturated heterocycles. The van der Waals surface area contributed by atoms with Gasteiger partial charge in [0.15, 0.2) is 5.58 Å². The first-order chi connectivity index (χ1) is 9.69. The fraction of sp³-hybridized carbons (Fsp3) is 0.0714. The molecule has 3 rings (SSSR count). The monoisotopic (exact) mass is 266 g/mol. The minimum atomic E-state index is -0.488. The molecular formula is C14H10N4O2. The number of nitriles is 1. The molecule has 6 nitrogen and oxygen atoms in total. The van der Waals surface area contributed by atoms with Crippen molar-refractivity contribution < 1.29 is 4.42 Å². The number of oxazole rings is 1. The highest BCUT2D eigenvalue weighted by atomic mass is 16.4. The molecule has 0 aliphatic heterocycles. The van der Waals surface area contributed by atoms with Gasteiger partial charge in [0.1, 0.15) is 11.8 Å². The highest BCUT2D eigenvalue weighted by Gasteiger charge is 2.12. The first kappa shape index (κ1) is 12.0. The molecule has 0 amide bonds. The zero-order chi connectivity index (χ0) is 14.1. The van der Waals surface area contributed by atoms with E-state index in [0.717, 1.165) is 0 Å². The number of benzene rings is 1. The summed E-state index contributed by atoms with van der Waals surface area (Å²) in [5.74, 6) is -0.488. The van der Waals surface area contributed by atoms with E-state index in [2.05, 4.69) is 4.98 Å². The second kappa shape index (κ2) is 4.55. The number of fused-ring (bicyclic) bond motifs is 1. The lowest BCUT2D eigenvalue weighted by molar-refractivity contribution is 0.517. The molecule has 0 atom stereocenters. The fourth-order valence-corrected chi connectivity index (χ4v) is 2.07. The number of anilines is 1. The van der Waals surface area contributed by atoms with Gasteiger partial charge in [0.05, 0.1) is 12.1 Å². The van der Waals surface area contributed by atoms with Gasteiger partial charge in [0, 0.05) is 23.5 Å². The molecule has 0 radical (unpaired) electrons. The predicted molar refractivity (Wildman–Crippen MR) is 72.9 cm³/mol. The van der Waals surface area contributed by atoms with Gasteiger partial charge in [-0.3, -0.25) is 4.57 Å². The third-order valence-electron chi connectivity index (χ3n) is 3.02. The van der Waals surface area contributed by atoms with Crippen molar-refractivity contribution in [3.63, 3.8) is 0 Å². The van der Waals surface area contributed by atoms with Gasteiger partial charge in [-0.05, 0) is 18.2 Å². The summed E-state index contributed by atoms with van der Waals surface area (Å²) in [5, 5.41) is 9.03. The molecule has 0 aliphatic carbocycles. The lowest BCUT2D eigenvalue weighted by Gasteiger charge is -2.03. The fourth-order valence-electron chi connectivity index (χ4n) is 2.07. The van der Waals surface area contributed by atoms with Crippen molar-refractivity contribution in [2.24, 2.45) is 0 Å². The Hall–Kier alpha value is -3.07. The van der Waals surface area contributed by atoms with E-state index in [-0.39, 0.29) is 6.54 Å². The van der Waals surface area contributed by atoms with Gasteiger partial charge in [0.25, 0.3) is 0 Å². The van der Waals surface area contributed by atoms with Gasteiger partial charge in [-0.25, -0.2) is 9.78 Å². The van der Waals surface area contributed by atoms with Crippen LogP contribution >= 0.6 is 0 Å². The maximum atomic E-state index is 11.9. The van der Waals surface area contributed by atoms with Crippen LogP contribution in [0, 0.1) is 11.3 Å². The van der Waals surface area contributed by atoms with Crippen molar-refractivity contribution in [1.29, 1.82) is 5.26 Å². The number of hydrogen-bond donors (Lipinski definition) is 1. The number of rotatable bonds is 2. The number of nitrogen functional groups attached to an aromatic ring is 1. The maximum Gasteiger partial charge on any atom is 0.420 e. The highest BCUT2D eigenvalue weighted by Crippen LogP contribution is 2.17. The number of pyridine rings is 1. The van der Waals surface area contributed by atoms with Crippen molar-refractivity contribution in [2.45, 2.75) is 6.54 Å². The van der Waals surface area contributed by atoms with E-state index < -0.39 is 5.76 Å². The minimum Gasteiger partial charge on any atom is -0.408 e. The molecule has 6 heteroatoms. The smallest absolute Gasteiger partial charge is 0.408 e. The molecule has 98 valence electrons. The molecule has 0 saturated carbocycles. The minimum absolute atomic E-state index is 0.229. The lowest BCUT2D eigenvalue weighted by atomic mass is 10.2. The molecule has 1 aromatic carbocycles. The summed E-state index contributed by atoms with van der Waals surface area (Å²) in [5.41, 5.74) is 8.21. The van der Waals surface area contributed by atoms with E-state index in [1.807, 2.05) is 6.07 Å². The molecular weight excluding hydrogens is 256 g/mol. The molecule has 2 aromatic heterocycles. The van der Waals surface area contributed by atoms with Crippen LogP contribution in [0.1, 0.15) is 11.3 Å². The molecule has 0 unspecified atom stereocenters. The molecule has 0 aliphatic rings. The second-order valence-corrected chi connectivity index (χ2v) is 4.30. The standard InChI is InChI=1S/C14H10N4O2/c15-7-11-9(2-1-5-17-11)8-18-12-4-3-10(16)6-13(12)20-14(18)19/h1-6H,8,16H2. The molecule has 20 heavy (non-hydrogen) atoms. The zero-order valence-corrected chi connectivity index (χ0v) is 10.4. The van der Waals surface area contributed by atoms with Crippen molar-refractivity contribution in [3.05, 3.63) is 58.3 Å². The average Bonchev–Trinajstić information content (AvgIpc) is 2.75. The van der Waals surface area contributed by atoms with Gasteiger partial charge in [-0.1, -0.05) is 6.07 Å². The maximum absolute atomic E-state index is 11.9. The summed E-state index contributed by atoms with van der Waals surface area (Å²) in [6.07, 6.45) is 1.54. The van der Waals surface area contributed by atoms with Gasteiger partial charge >= 0.3 is 5.76 Å². The van der Waals surface area contributed by atoms with Crippen LogP contribution in [0.2, 0.25) is 0 Å². The van der Waals surface area contributed by atoms with Crippen LogP contribution in [0.4, 0.5) is 5.69 Å². The van der Waals surface area contributed by atoms with E-state index in [1.165, 1.54) is 4.57 Å². The van der Waals surface area contributed by atoms with Gasteiger partial charge in [0.2, 0.25) is 0 Å². The quantitative estimate of drug-likeness (QED) is 0.708. The highest BCUT2D eigenvalue weighted by molar-refractivity contribution is 5.76. The number of hydrogen-bond acceptors (Lipinski definition) is 5. The molecule has 0 spiro atoms. The Kier molecular flexibility index (Phi) is 2.73. The third kappa shape index (κ3) is 1.91. The van der Waals surface area contributed by atoms with Gasteiger partial charge < -0.3 is 10.2 Å². The molecule has 0 bridgehead atoms. The summed E-state index contributed by atoms with van der Waals surface area (Å²) in [6.45, 7) is 0.229. The first-order valence-electron chi connectivity index (χ1n) is 5.92. The zero-order valence-electron chi connectivity index (χ0n) is 10.4. The van der Waals surface area contributed by atoms with Crippen LogP contribution in [-0.2, 0) is 6.54 Å². The molecule has 2 heterocycles. The SMILES string of the molecule is N#Cc1ncccc1Cn1c(=O)oc2cc(N)ccc21. The van der Waals surface area contributed by atoms with E-state index in [0.29, 0.717) is 28.0 Å². The Bertz CT molecular complexity index is 886. The Labute approximate surface area is 113 Å². The molecule has 0 fully saturated rings. The van der Waals surface area contributed by atoms with Crippen molar-refractivity contribution >= 4 is 16.8 Å². The summed E-state index contributed by atoms with van der Waals surface area (Å²) in [7, 11) is 0. The topological polar surface area (TPSA) is 97.8 Å². The Morgan fingerprint density at radius 1 is 1.40 bits per heavy atom. The molecule has 2 N–H and O–H groups in total. The largest absolute Gasteiger partial charge is 0.420 e. The van der Waals surface area contributed by atoms with Crippen LogP contribution in [0.3, 0.4) is 0 Å². The van der Waals surface area contributed by atoms with Gasteiger partial charge in [-0.2, -0.15) is 5.26 Å². The van der Waals surface area contributed by atoms with Crippen LogP contribution in [0.15, 0.2) is 45.7 Å². The van der Waals surface area contributed by atoms with Crippen LogP contribution in [0.5, 0.6) is 0 Å². The van der Waals surface area contributed by atoms with Crippen molar-refractivity contribution in [2.75, 3.05) is 5.73 Å². The Morgan fingerprint density at radius 2 is 2.25 bits per heavy atom. The Balaban J connectivity index is 2.14.